The summed E-state index contributed by atoms with van der Waals surface area (Å²) in [5, 5.41) is 0.890. The number of nitrogens with one attached hydrogen (secondary N) is 1. The number of benzene rings is 1. The van der Waals surface area contributed by atoms with E-state index in [-0.39, 0.29) is 5.56 Å². The van der Waals surface area contributed by atoms with Crippen molar-refractivity contribution in [1.82, 2.24) is 4.98 Å². The summed E-state index contributed by atoms with van der Waals surface area (Å²) < 4.78 is 5.60. The number of rotatable bonds is 1. The van der Waals surface area contributed by atoms with Gasteiger partial charge in [0.2, 0.25) is 0 Å². The Labute approximate surface area is 88.8 Å². The van der Waals surface area contributed by atoms with Crippen LogP contribution in [0.4, 0.5) is 0 Å². The molecule has 0 aliphatic rings. The summed E-state index contributed by atoms with van der Waals surface area (Å²) in [6.45, 7) is 0. The quantitative estimate of drug-likeness (QED) is 0.848. The topological polar surface area (TPSA) is 42.1 Å². The van der Waals surface area contributed by atoms with Crippen molar-refractivity contribution in [3.05, 3.63) is 39.1 Å². The molecule has 0 saturated heterocycles. The number of H-pyrrole nitrogens is 1. The van der Waals surface area contributed by atoms with Gasteiger partial charge in [-0.05, 0) is 28.1 Å². The molecule has 0 bridgehead atoms. The molecule has 1 heterocycles. The average molecular weight is 254 g/mol. The number of pyridine rings is 1. The molecule has 14 heavy (non-hydrogen) atoms. The van der Waals surface area contributed by atoms with Crippen LogP contribution in [0.1, 0.15) is 0 Å². The van der Waals surface area contributed by atoms with Crippen molar-refractivity contribution in [3.8, 4) is 5.75 Å². The summed E-state index contributed by atoms with van der Waals surface area (Å²) in [4.78, 5) is 14.2. The number of para-hydroxylation sites is 1. The highest BCUT2D eigenvalue weighted by atomic mass is 79.9. The minimum atomic E-state index is -0.180. The predicted molar refractivity (Wildman–Crippen MR) is 58.8 cm³/mol. The summed E-state index contributed by atoms with van der Waals surface area (Å²) in [6.07, 6.45) is 0. The van der Waals surface area contributed by atoms with Gasteiger partial charge in [-0.15, -0.1) is 0 Å². The Morgan fingerprint density at radius 2 is 2.07 bits per heavy atom. The standard InChI is InChI=1S/C10H8BrNO2/c1-14-9-6-4-2-3-5-7(6)12-10(13)8(9)11/h2-5H,1H3,(H,12,13). The van der Waals surface area contributed by atoms with Crippen LogP contribution in [0.3, 0.4) is 0 Å². The molecule has 1 N–H and O–H groups in total. The summed E-state index contributed by atoms with van der Waals surface area (Å²) in [5.74, 6) is 0.573. The van der Waals surface area contributed by atoms with Gasteiger partial charge in [0.25, 0.3) is 5.56 Å². The van der Waals surface area contributed by atoms with Gasteiger partial charge < -0.3 is 9.72 Å². The molecule has 0 aliphatic carbocycles. The van der Waals surface area contributed by atoms with Crippen LogP contribution < -0.4 is 10.3 Å². The molecule has 0 aliphatic heterocycles. The Morgan fingerprint density at radius 1 is 1.36 bits per heavy atom. The van der Waals surface area contributed by atoms with Crippen LogP contribution in [-0.4, -0.2) is 12.1 Å². The number of aromatic nitrogens is 1. The molecule has 0 radical (unpaired) electrons. The van der Waals surface area contributed by atoms with Gasteiger partial charge in [0.15, 0.2) is 0 Å². The number of hydrogen-bond donors (Lipinski definition) is 1. The van der Waals surface area contributed by atoms with Gasteiger partial charge in [0.05, 0.1) is 12.6 Å². The molecule has 0 saturated carbocycles. The molecule has 0 unspecified atom stereocenters. The van der Waals surface area contributed by atoms with E-state index in [4.69, 9.17) is 4.74 Å². The minimum absolute atomic E-state index is 0.180. The summed E-state index contributed by atoms with van der Waals surface area (Å²) >= 11 is 3.19. The van der Waals surface area contributed by atoms with Gasteiger partial charge in [-0.2, -0.15) is 0 Å². The Morgan fingerprint density at radius 3 is 2.79 bits per heavy atom. The minimum Gasteiger partial charge on any atom is -0.495 e. The van der Waals surface area contributed by atoms with Crippen LogP contribution >= 0.6 is 15.9 Å². The molecule has 0 spiro atoms. The summed E-state index contributed by atoms with van der Waals surface area (Å²) in [6, 6.07) is 7.50. The number of halogens is 1. The van der Waals surface area contributed by atoms with Crippen molar-refractivity contribution in [3.63, 3.8) is 0 Å². The molecule has 2 rings (SSSR count). The Bertz CT molecular complexity index is 533. The van der Waals surface area contributed by atoms with E-state index in [9.17, 15) is 4.79 Å². The van der Waals surface area contributed by atoms with Crippen LogP contribution in [0.15, 0.2) is 33.5 Å². The van der Waals surface area contributed by atoms with Crippen LogP contribution in [0.5, 0.6) is 5.75 Å². The molecular weight excluding hydrogens is 246 g/mol. The first-order chi connectivity index (χ1) is 6.74. The number of aromatic amines is 1. The lowest BCUT2D eigenvalue weighted by molar-refractivity contribution is 0.416. The lowest BCUT2D eigenvalue weighted by Crippen LogP contribution is -2.08. The van der Waals surface area contributed by atoms with Crippen LogP contribution in [0.25, 0.3) is 10.9 Å². The van der Waals surface area contributed by atoms with E-state index in [2.05, 4.69) is 20.9 Å². The second-order valence-corrected chi connectivity index (χ2v) is 3.64. The molecular formula is C10H8BrNO2. The monoisotopic (exact) mass is 253 g/mol. The SMILES string of the molecule is COc1c(Br)c(=O)[nH]c2ccccc12. The Hall–Kier alpha value is -1.29. The lowest BCUT2D eigenvalue weighted by atomic mass is 10.2. The normalized spacial score (nSPS) is 10.4. The number of hydrogen-bond acceptors (Lipinski definition) is 2. The van der Waals surface area contributed by atoms with E-state index in [1.165, 1.54) is 0 Å². The second-order valence-electron chi connectivity index (χ2n) is 2.85. The van der Waals surface area contributed by atoms with Gasteiger partial charge in [-0.25, -0.2) is 0 Å². The first-order valence-corrected chi connectivity index (χ1v) is 4.88. The smallest absolute Gasteiger partial charge is 0.266 e. The third-order valence-corrected chi connectivity index (χ3v) is 2.74. The van der Waals surface area contributed by atoms with E-state index in [0.29, 0.717) is 10.2 Å². The van der Waals surface area contributed by atoms with Crippen molar-refractivity contribution < 1.29 is 4.74 Å². The maximum Gasteiger partial charge on any atom is 0.266 e. The summed E-state index contributed by atoms with van der Waals surface area (Å²) in [7, 11) is 1.55. The van der Waals surface area contributed by atoms with Crippen molar-refractivity contribution in [2.75, 3.05) is 7.11 Å². The zero-order valence-electron chi connectivity index (χ0n) is 7.50. The van der Waals surface area contributed by atoms with Crippen molar-refractivity contribution >= 4 is 26.8 Å². The van der Waals surface area contributed by atoms with Gasteiger partial charge in [0.1, 0.15) is 10.2 Å². The zero-order chi connectivity index (χ0) is 10.1. The van der Waals surface area contributed by atoms with E-state index in [0.717, 1.165) is 10.9 Å². The van der Waals surface area contributed by atoms with E-state index < -0.39 is 0 Å². The van der Waals surface area contributed by atoms with Crippen LogP contribution in [0, 0.1) is 0 Å². The van der Waals surface area contributed by atoms with E-state index in [1.54, 1.807) is 7.11 Å². The largest absolute Gasteiger partial charge is 0.495 e. The Kier molecular flexibility index (Phi) is 2.29. The van der Waals surface area contributed by atoms with Gasteiger partial charge in [-0.1, -0.05) is 12.1 Å². The molecule has 1 aromatic carbocycles. The summed E-state index contributed by atoms with van der Waals surface area (Å²) in [5.41, 5.74) is 0.595. The van der Waals surface area contributed by atoms with Gasteiger partial charge >= 0.3 is 0 Å². The average Bonchev–Trinajstić information content (AvgIpc) is 2.20. The molecule has 3 nitrogen and oxygen atoms in total. The molecule has 4 heteroatoms. The molecule has 72 valence electrons. The number of fused-ring (bicyclic) bond motifs is 1. The first kappa shape index (κ1) is 9.27. The molecule has 2 aromatic rings. The van der Waals surface area contributed by atoms with Gasteiger partial charge in [0, 0.05) is 5.39 Å². The van der Waals surface area contributed by atoms with Crippen molar-refractivity contribution in [2.24, 2.45) is 0 Å². The van der Waals surface area contributed by atoms with E-state index in [1.807, 2.05) is 24.3 Å². The highest BCUT2D eigenvalue weighted by molar-refractivity contribution is 9.10. The number of ether oxygens (including phenoxy) is 1. The second kappa shape index (κ2) is 3.46. The Balaban J connectivity index is 2.96. The fourth-order valence-electron chi connectivity index (χ4n) is 1.39. The highest BCUT2D eigenvalue weighted by Crippen LogP contribution is 2.28. The third kappa shape index (κ3) is 1.32. The fourth-order valence-corrected chi connectivity index (χ4v) is 1.86. The molecule has 0 atom stereocenters. The zero-order valence-corrected chi connectivity index (χ0v) is 9.09. The van der Waals surface area contributed by atoms with E-state index >= 15 is 0 Å². The number of methoxy groups -OCH3 is 1. The van der Waals surface area contributed by atoms with Crippen LogP contribution in [0.2, 0.25) is 0 Å². The predicted octanol–water partition coefficient (Wildman–Crippen LogP) is 2.30. The van der Waals surface area contributed by atoms with Crippen LogP contribution in [-0.2, 0) is 0 Å². The van der Waals surface area contributed by atoms with Crippen molar-refractivity contribution in [2.45, 2.75) is 0 Å². The highest BCUT2D eigenvalue weighted by Gasteiger charge is 2.09. The fraction of sp³-hybridized carbons (Fsp3) is 0.100. The van der Waals surface area contributed by atoms with Crippen molar-refractivity contribution in [1.29, 1.82) is 0 Å². The molecule has 1 aromatic heterocycles. The maximum atomic E-state index is 11.4. The third-order valence-electron chi connectivity index (χ3n) is 2.02. The van der Waals surface area contributed by atoms with Gasteiger partial charge in [-0.3, -0.25) is 4.79 Å². The maximum absolute atomic E-state index is 11.4. The lowest BCUT2D eigenvalue weighted by Gasteiger charge is -2.06. The molecule has 0 fully saturated rings. The first-order valence-electron chi connectivity index (χ1n) is 4.08. The molecule has 0 amide bonds.